The summed E-state index contributed by atoms with van der Waals surface area (Å²) in [4.78, 5) is 56.5. The first-order valence-corrected chi connectivity index (χ1v) is 14.8. The van der Waals surface area contributed by atoms with Crippen LogP contribution in [0.2, 0.25) is 0 Å². The molecule has 12 heteroatoms. The highest BCUT2D eigenvalue weighted by atomic mass is 19.1. The number of ether oxygens (including phenoxy) is 1. The van der Waals surface area contributed by atoms with Crippen molar-refractivity contribution < 1.29 is 28.6 Å². The summed E-state index contributed by atoms with van der Waals surface area (Å²) in [5, 5.41) is 13.1. The first kappa shape index (κ1) is 35.0. The van der Waals surface area contributed by atoms with Crippen LogP contribution in [0.15, 0.2) is 53.5 Å². The number of hydrogen-bond donors (Lipinski definition) is 3. The number of hydrogen-bond acceptors (Lipinski definition) is 5. The molecule has 0 aliphatic heterocycles. The molecule has 0 unspecified atom stereocenters. The normalized spacial score (nSPS) is 12.4. The third-order valence-corrected chi connectivity index (χ3v) is 7.20. The third-order valence-electron chi connectivity index (χ3n) is 7.20. The molecule has 3 N–H and O–H groups in total. The first-order valence-electron chi connectivity index (χ1n) is 14.8. The molecule has 1 atom stereocenters. The minimum Gasteiger partial charge on any atom is -0.465 e. The summed E-state index contributed by atoms with van der Waals surface area (Å²) >= 11 is 0. The topological polar surface area (TPSA) is 137 Å². The van der Waals surface area contributed by atoms with Crippen LogP contribution in [0.25, 0.3) is 10.9 Å². The van der Waals surface area contributed by atoms with Crippen LogP contribution in [-0.4, -0.2) is 83.3 Å². The standard InChI is InChI=1S/C33H44FN5O6/c1-33(2,3)19-24-17-25(34)16-23-18-26(35-29(23)24)21-38-13-9-11-27(31(38)42)36-30(41)22(10-7-8-12-28(40)37(4)5)20-39(32(43)44)14-15-45-6/h8-9,11-13,16-18,22,35H,7,10,14-15,19-21H2,1-6H3,(H,36,41)(H,43,44)/b12-8+/t22-/m0/s1. The van der Waals surface area contributed by atoms with Crippen molar-refractivity contribution in [1.82, 2.24) is 19.4 Å². The second-order valence-corrected chi connectivity index (χ2v) is 12.5. The summed E-state index contributed by atoms with van der Waals surface area (Å²) in [5.41, 5.74) is 1.90. The number of likely N-dealkylation sites (N-methyl/N-ethyl adjacent to an activating group) is 1. The van der Waals surface area contributed by atoms with E-state index in [2.05, 4.69) is 31.1 Å². The molecule has 0 spiro atoms. The van der Waals surface area contributed by atoms with E-state index < -0.39 is 23.5 Å². The molecule has 244 valence electrons. The monoisotopic (exact) mass is 625 g/mol. The minimum absolute atomic E-state index is 0.0418. The Bertz CT molecular complexity index is 1590. The quantitative estimate of drug-likeness (QED) is 0.222. The third kappa shape index (κ3) is 10.3. The molecule has 3 amide bonds. The number of rotatable bonds is 14. The molecular formula is C33H44FN5O6. The van der Waals surface area contributed by atoms with Crippen molar-refractivity contribution >= 4 is 34.5 Å². The van der Waals surface area contributed by atoms with Gasteiger partial charge in [0.2, 0.25) is 11.8 Å². The van der Waals surface area contributed by atoms with E-state index >= 15 is 0 Å². The average Bonchev–Trinajstić information content (AvgIpc) is 3.35. The van der Waals surface area contributed by atoms with E-state index in [4.69, 9.17) is 4.74 Å². The molecule has 0 saturated heterocycles. The van der Waals surface area contributed by atoms with Crippen molar-refractivity contribution in [2.24, 2.45) is 11.3 Å². The van der Waals surface area contributed by atoms with Gasteiger partial charge in [-0.05, 0) is 66.6 Å². The van der Waals surface area contributed by atoms with E-state index in [1.165, 1.54) is 40.9 Å². The molecule has 2 heterocycles. The fourth-order valence-corrected chi connectivity index (χ4v) is 4.98. The maximum Gasteiger partial charge on any atom is 0.407 e. The number of halogens is 1. The molecule has 0 radical (unpaired) electrons. The lowest BCUT2D eigenvalue weighted by Gasteiger charge is -2.24. The van der Waals surface area contributed by atoms with Crippen molar-refractivity contribution in [2.75, 3.05) is 46.2 Å². The van der Waals surface area contributed by atoms with Gasteiger partial charge in [-0.2, -0.15) is 0 Å². The summed E-state index contributed by atoms with van der Waals surface area (Å²) in [5.74, 6) is -1.87. The van der Waals surface area contributed by atoms with Gasteiger partial charge in [0.1, 0.15) is 11.5 Å². The maximum atomic E-state index is 14.4. The van der Waals surface area contributed by atoms with Crippen LogP contribution in [-0.2, 0) is 27.3 Å². The number of carbonyl (C=O) groups excluding carboxylic acids is 2. The molecule has 45 heavy (non-hydrogen) atoms. The van der Waals surface area contributed by atoms with E-state index in [0.29, 0.717) is 23.9 Å². The Morgan fingerprint density at radius 2 is 1.93 bits per heavy atom. The summed E-state index contributed by atoms with van der Waals surface area (Å²) < 4.78 is 20.8. The molecule has 11 nitrogen and oxygen atoms in total. The molecule has 0 aliphatic rings. The van der Waals surface area contributed by atoms with Crippen LogP contribution in [0.5, 0.6) is 0 Å². The van der Waals surface area contributed by atoms with Gasteiger partial charge in [0, 0.05) is 57.1 Å². The molecule has 0 aliphatic carbocycles. The van der Waals surface area contributed by atoms with Gasteiger partial charge in [-0.3, -0.25) is 14.4 Å². The second-order valence-electron chi connectivity index (χ2n) is 12.5. The Balaban J connectivity index is 1.83. The lowest BCUT2D eigenvalue weighted by atomic mass is 9.87. The number of fused-ring (bicyclic) bond motifs is 1. The highest BCUT2D eigenvalue weighted by Gasteiger charge is 2.25. The number of amides is 3. The Morgan fingerprint density at radius 3 is 2.58 bits per heavy atom. The number of methoxy groups -OCH3 is 1. The van der Waals surface area contributed by atoms with Crippen molar-refractivity contribution in [3.63, 3.8) is 0 Å². The predicted molar refractivity (Wildman–Crippen MR) is 172 cm³/mol. The number of carbonyl (C=O) groups is 3. The van der Waals surface area contributed by atoms with E-state index in [0.717, 1.165) is 16.0 Å². The predicted octanol–water partition coefficient (Wildman–Crippen LogP) is 4.71. The minimum atomic E-state index is -1.20. The lowest BCUT2D eigenvalue weighted by Crippen LogP contribution is -2.41. The lowest BCUT2D eigenvalue weighted by molar-refractivity contribution is -0.123. The number of carboxylic acid groups (broad SMARTS) is 1. The van der Waals surface area contributed by atoms with Crippen molar-refractivity contribution in [2.45, 2.75) is 46.6 Å². The fraction of sp³-hybridized carbons (Fsp3) is 0.455. The number of allylic oxidation sites excluding steroid dienone is 1. The van der Waals surface area contributed by atoms with E-state index in [9.17, 15) is 28.7 Å². The number of aromatic nitrogens is 2. The fourth-order valence-electron chi connectivity index (χ4n) is 4.98. The Hall–Kier alpha value is -4.45. The molecular weight excluding hydrogens is 581 g/mol. The van der Waals surface area contributed by atoms with E-state index in [1.807, 2.05) is 6.07 Å². The van der Waals surface area contributed by atoms with Gasteiger partial charge >= 0.3 is 6.09 Å². The zero-order valence-corrected chi connectivity index (χ0v) is 26.9. The maximum absolute atomic E-state index is 14.4. The van der Waals surface area contributed by atoms with E-state index in [1.54, 1.807) is 32.4 Å². The Labute approximate surface area is 262 Å². The smallest absolute Gasteiger partial charge is 0.407 e. The number of nitrogens with one attached hydrogen (secondary N) is 2. The van der Waals surface area contributed by atoms with Gasteiger partial charge in [-0.1, -0.05) is 26.8 Å². The van der Waals surface area contributed by atoms with Crippen LogP contribution in [0.1, 0.15) is 44.9 Å². The van der Waals surface area contributed by atoms with Crippen molar-refractivity contribution in [1.29, 1.82) is 0 Å². The average molecular weight is 626 g/mol. The number of benzene rings is 1. The van der Waals surface area contributed by atoms with Gasteiger partial charge < -0.3 is 34.5 Å². The molecule has 0 fully saturated rings. The number of H-pyrrole nitrogens is 1. The summed E-state index contributed by atoms with van der Waals surface area (Å²) in [6.07, 6.45) is 4.68. The zero-order valence-electron chi connectivity index (χ0n) is 26.9. The molecule has 0 bridgehead atoms. The van der Waals surface area contributed by atoms with Crippen LogP contribution in [0, 0.1) is 17.2 Å². The number of nitrogens with zero attached hydrogens (tertiary/aromatic N) is 3. The Kier molecular flexibility index (Phi) is 12.1. The SMILES string of the molecule is COCCN(C[C@H](CC/C=C/C(=O)N(C)C)C(=O)Nc1cccn(Cc2cc3cc(F)cc(CC(C)(C)C)c3[nH]2)c1=O)C(=O)O. The van der Waals surface area contributed by atoms with Gasteiger partial charge in [0.15, 0.2) is 0 Å². The summed E-state index contributed by atoms with van der Waals surface area (Å²) in [6.45, 7) is 6.50. The van der Waals surface area contributed by atoms with Gasteiger partial charge in [0.25, 0.3) is 5.56 Å². The number of anilines is 1. The summed E-state index contributed by atoms with van der Waals surface area (Å²) in [6, 6.07) is 7.93. The second kappa shape index (κ2) is 15.5. The van der Waals surface area contributed by atoms with Crippen LogP contribution < -0.4 is 10.9 Å². The van der Waals surface area contributed by atoms with Gasteiger partial charge in [-0.25, -0.2) is 9.18 Å². The largest absolute Gasteiger partial charge is 0.465 e. The van der Waals surface area contributed by atoms with Crippen molar-refractivity contribution in [3.05, 3.63) is 76.1 Å². The number of aromatic amines is 1. The molecule has 3 aromatic rings. The Morgan fingerprint density at radius 1 is 1.20 bits per heavy atom. The molecule has 2 aromatic heterocycles. The molecule has 3 rings (SSSR count). The van der Waals surface area contributed by atoms with Crippen molar-refractivity contribution in [3.8, 4) is 0 Å². The zero-order chi connectivity index (χ0) is 33.3. The summed E-state index contributed by atoms with van der Waals surface area (Å²) in [7, 11) is 4.70. The van der Waals surface area contributed by atoms with E-state index in [-0.39, 0.29) is 55.5 Å². The van der Waals surface area contributed by atoms with Gasteiger partial charge in [-0.15, -0.1) is 0 Å². The highest BCUT2D eigenvalue weighted by molar-refractivity contribution is 5.93. The van der Waals surface area contributed by atoms with Crippen LogP contribution >= 0.6 is 0 Å². The van der Waals surface area contributed by atoms with Crippen LogP contribution in [0.4, 0.5) is 14.9 Å². The molecule has 1 aromatic carbocycles. The highest BCUT2D eigenvalue weighted by Crippen LogP contribution is 2.28. The first-order chi connectivity index (χ1) is 21.2. The van der Waals surface area contributed by atoms with Gasteiger partial charge in [0.05, 0.1) is 19.1 Å². The molecule has 0 saturated carbocycles. The van der Waals surface area contributed by atoms with Crippen LogP contribution in [0.3, 0.4) is 0 Å². The number of pyridine rings is 1.